The lowest BCUT2D eigenvalue weighted by atomic mass is 10.1. The first-order chi connectivity index (χ1) is 11.1. The average molecular weight is 371 g/mol. The number of carbonyl (C=O) groups excluding carboxylic acids is 3. The van der Waals surface area contributed by atoms with Gasteiger partial charge < -0.3 is 21.3 Å². The molecule has 0 unspecified atom stereocenters. The van der Waals surface area contributed by atoms with Gasteiger partial charge in [-0.1, -0.05) is 13.8 Å². The maximum absolute atomic E-state index is 12.0. The van der Waals surface area contributed by atoms with E-state index in [-0.39, 0.29) is 42.6 Å². The molecule has 0 aromatic heterocycles. The molecule has 0 radical (unpaired) electrons. The number of aryl methyl sites for hydroxylation is 1. The highest BCUT2D eigenvalue weighted by atomic mass is 35.5. The van der Waals surface area contributed by atoms with Crippen molar-refractivity contribution in [3.63, 3.8) is 0 Å². The Labute approximate surface area is 154 Å². The van der Waals surface area contributed by atoms with Crippen LogP contribution < -0.4 is 16.4 Å². The molecule has 0 spiro atoms. The Morgan fingerprint density at radius 3 is 2.28 bits per heavy atom. The Kier molecular flexibility index (Phi) is 9.16. The molecule has 0 aliphatic rings. The van der Waals surface area contributed by atoms with E-state index >= 15 is 0 Å². The van der Waals surface area contributed by atoms with Crippen LogP contribution in [0.2, 0.25) is 0 Å². The predicted molar refractivity (Wildman–Crippen MR) is 101 cm³/mol. The summed E-state index contributed by atoms with van der Waals surface area (Å²) in [5.74, 6) is -0.813. The van der Waals surface area contributed by atoms with E-state index in [1.807, 2.05) is 13.8 Å². The smallest absolute Gasteiger partial charge is 0.253 e. The fraction of sp³-hybridized carbons (Fsp3) is 0.471. The summed E-state index contributed by atoms with van der Waals surface area (Å²) >= 11 is 0. The highest BCUT2D eigenvalue weighted by Gasteiger charge is 2.18. The van der Waals surface area contributed by atoms with Crippen LogP contribution in [0, 0.1) is 12.8 Å². The molecule has 140 valence electrons. The van der Waals surface area contributed by atoms with Crippen LogP contribution in [0.4, 0.5) is 5.69 Å². The van der Waals surface area contributed by atoms with Crippen molar-refractivity contribution in [2.45, 2.75) is 26.8 Å². The minimum atomic E-state index is -0.642. The Morgan fingerprint density at radius 1 is 1.20 bits per heavy atom. The van der Waals surface area contributed by atoms with Gasteiger partial charge in [0.2, 0.25) is 11.8 Å². The van der Waals surface area contributed by atoms with E-state index in [4.69, 9.17) is 5.73 Å². The minimum absolute atomic E-state index is 0. The molecule has 0 heterocycles. The van der Waals surface area contributed by atoms with Crippen molar-refractivity contribution in [2.24, 2.45) is 11.7 Å². The topological polar surface area (TPSA) is 105 Å². The number of benzene rings is 1. The van der Waals surface area contributed by atoms with E-state index in [0.29, 0.717) is 11.3 Å². The third kappa shape index (κ3) is 6.72. The number of anilines is 1. The monoisotopic (exact) mass is 370 g/mol. The second kappa shape index (κ2) is 10.0. The lowest BCUT2D eigenvalue weighted by Gasteiger charge is -2.16. The molecule has 1 atom stereocenters. The standard InChI is InChI=1S/C17H26N4O3.ClH/c1-10(2)15(18)16(23)19-9-14(22)20-12-6-7-13(11(3)8-12)17(24)21(4)5;/h6-8,10,15H,9,18H2,1-5H3,(H,19,23)(H,20,22);1H/t15-;/m0./s1. The van der Waals surface area contributed by atoms with Gasteiger partial charge in [-0.05, 0) is 36.6 Å². The molecule has 1 aromatic rings. The van der Waals surface area contributed by atoms with Gasteiger partial charge in [0.25, 0.3) is 5.91 Å². The fourth-order valence-electron chi connectivity index (χ4n) is 2.02. The molecule has 0 bridgehead atoms. The van der Waals surface area contributed by atoms with Crippen molar-refractivity contribution < 1.29 is 14.4 Å². The zero-order valence-corrected chi connectivity index (χ0v) is 16.1. The predicted octanol–water partition coefficient (Wildman–Crippen LogP) is 1.16. The van der Waals surface area contributed by atoms with Gasteiger partial charge in [0.15, 0.2) is 0 Å². The zero-order valence-electron chi connectivity index (χ0n) is 15.3. The molecular formula is C17H27ClN4O3. The van der Waals surface area contributed by atoms with Crippen LogP contribution in [-0.4, -0.2) is 49.3 Å². The van der Waals surface area contributed by atoms with Crippen LogP contribution in [0.1, 0.15) is 29.8 Å². The summed E-state index contributed by atoms with van der Waals surface area (Å²) < 4.78 is 0. The first-order valence-electron chi connectivity index (χ1n) is 7.79. The highest BCUT2D eigenvalue weighted by Crippen LogP contribution is 2.16. The van der Waals surface area contributed by atoms with E-state index in [2.05, 4.69) is 10.6 Å². The molecule has 0 fully saturated rings. The van der Waals surface area contributed by atoms with Crippen LogP contribution in [0.5, 0.6) is 0 Å². The van der Waals surface area contributed by atoms with Gasteiger partial charge >= 0.3 is 0 Å². The molecule has 0 aliphatic carbocycles. The van der Waals surface area contributed by atoms with E-state index in [9.17, 15) is 14.4 Å². The summed E-state index contributed by atoms with van der Waals surface area (Å²) in [5.41, 5.74) is 7.61. The SMILES string of the molecule is Cc1cc(NC(=O)CNC(=O)[C@@H](N)C(C)C)ccc1C(=O)N(C)C.Cl. The molecule has 1 rings (SSSR count). The van der Waals surface area contributed by atoms with Gasteiger partial charge in [-0.2, -0.15) is 0 Å². The van der Waals surface area contributed by atoms with Gasteiger partial charge in [0, 0.05) is 25.3 Å². The van der Waals surface area contributed by atoms with Crippen molar-refractivity contribution in [3.05, 3.63) is 29.3 Å². The highest BCUT2D eigenvalue weighted by molar-refractivity contribution is 5.98. The molecule has 4 N–H and O–H groups in total. The largest absolute Gasteiger partial charge is 0.346 e. The Bertz CT molecular complexity index is 632. The van der Waals surface area contributed by atoms with E-state index in [1.165, 1.54) is 4.90 Å². The summed E-state index contributed by atoms with van der Waals surface area (Å²) in [6.45, 7) is 5.32. The molecule has 0 saturated carbocycles. The van der Waals surface area contributed by atoms with Crippen LogP contribution in [0.3, 0.4) is 0 Å². The summed E-state index contributed by atoms with van der Waals surface area (Å²) in [4.78, 5) is 37.1. The number of amides is 3. The van der Waals surface area contributed by atoms with Crippen molar-refractivity contribution in [1.29, 1.82) is 0 Å². The zero-order chi connectivity index (χ0) is 18.4. The van der Waals surface area contributed by atoms with E-state index < -0.39 is 6.04 Å². The molecule has 0 aliphatic heterocycles. The molecule has 25 heavy (non-hydrogen) atoms. The van der Waals surface area contributed by atoms with Gasteiger partial charge in [-0.15, -0.1) is 12.4 Å². The Hall–Kier alpha value is -2.12. The Morgan fingerprint density at radius 2 is 1.80 bits per heavy atom. The molecule has 0 saturated heterocycles. The second-order valence-electron chi connectivity index (χ2n) is 6.27. The fourth-order valence-corrected chi connectivity index (χ4v) is 2.02. The second-order valence-corrected chi connectivity index (χ2v) is 6.27. The number of carbonyl (C=O) groups is 3. The molecule has 7 nitrogen and oxygen atoms in total. The van der Waals surface area contributed by atoms with Crippen molar-refractivity contribution in [2.75, 3.05) is 26.0 Å². The van der Waals surface area contributed by atoms with Gasteiger partial charge in [-0.3, -0.25) is 14.4 Å². The molecule has 1 aromatic carbocycles. The maximum atomic E-state index is 12.0. The number of rotatable bonds is 6. The number of halogens is 1. The summed E-state index contributed by atoms with van der Waals surface area (Å²) in [5, 5.41) is 5.19. The molecule has 8 heteroatoms. The van der Waals surface area contributed by atoms with Crippen LogP contribution in [0.25, 0.3) is 0 Å². The maximum Gasteiger partial charge on any atom is 0.253 e. The van der Waals surface area contributed by atoms with Crippen molar-refractivity contribution in [1.82, 2.24) is 10.2 Å². The van der Waals surface area contributed by atoms with Crippen LogP contribution >= 0.6 is 12.4 Å². The normalized spacial score (nSPS) is 11.3. The lowest BCUT2D eigenvalue weighted by molar-refractivity contribution is -0.125. The van der Waals surface area contributed by atoms with Crippen molar-refractivity contribution in [3.8, 4) is 0 Å². The van der Waals surface area contributed by atoms with E-state index in [1.54, 1.807) is 39.2 Å². The summed E-state index contributed by atoms with van der Waals surface area (Å²) in [6.07, 6.45) is 0. The third-order valence-corrected chi connectivity index (χ3v) is 3.59. The van der Waals surface area contributed by atoms with Crippen LogP contribution in [-0.2, 0) is 9.59 Å². The van der Waals surface area contributed by atoms with Gasteiger partial charge in [-0.25, -0.2) is 0 Å². The first kappa shape index (κ1) is 22.9. The quantitative estimate of drug-likeness (QED) is 0.698. The number of hydrogen-bond donors (Lipinski definition) is 3. The number of nitrogens with zero attached hydrogens (tertiary/aromatic N) is 1. The van der Waals surface area contributed by atoms with Gasteiger partial charge in [0.1, 0.15) is 0 Å². The van der Waals surface area contributed by atoms with E-state index in [0.717, 1.165) is 5.56 Å². The first-order valence-corrected chi connectivity index (χ1v) is 7.79. The minimum Gasteiger partial charge on any atom is -0.346 e. The molecule has 3 amide bonds. The average Bonchev–Trinajstić information content (AvgIpc) is 2.51. The lowest BCUT2D eigenvalue weighted by Crippen LogP contribution is -2.46. The van der Waals surface area contributed by atoms with Crippen LogP contribution in [0.15, 0.2) is 18.2 Å². The summed E-state index contributed by atoms with van der Waals surface area (Å²) in [6, 6.07) is 4.40. The molecular weight excluding hydrogens is 344 g/mol. The van der Waals surface area contributed by atoms with Crippen molar-refractivity contribution >= 4 is 35.8 Å². The number of nitrogens with one attached hydrogen (secondary N) is 2. The van der Waals surface area contributed by atoms with Gasteiger partial charge in [0.05, 0.1) is 12.6 Å². The summed E-state index contributed by atoms with van der Waals surface area (Å²) in [7, 11) is 3.37. The Balaban J connectivity index is 0.00000576. The number of nitrogens with two attached hydrogens (primary N) is 1. The number of hydrogen-bond acceptors (Lipinski definition) is 4. The third-order valence-electron chi connectivity index (χ3n) is 3.59.